The summed E-state index contributed by atoms with van der Waals surface area (Å²) >= 11 is 1.37. The van der Waals surface area contributed by atoms with Gasteiger partial charge in [0.15, 0.2) is 21.0 Å². The standard InChI is InChI=1S/C28H32N2O6S2/c1-15-6-5-7-18-20(31)13-21(36-24(15)18)25(32)30-27-23(26(33)29-17-10-11-38(34,35)14-17)19-9-8-16(28(2,3)4)12-22(19)37-27/h5-7,13,16-17H,8-12,14H2,1-4H3,(H,29,33)(H,30,32). The van der Waals surface area contributed by atoms with Crippen molar-refractivity contribution in [2.24, 2.45) is 11.3 Å². The number of aryl methyl sites for hydroxylation is 1. The summed E-state index contributed by atoms with van der Waals surface area (Å²) in [4.78, 5) is 40.5. The van der Waals surface area contributed by atoms with Crippen molar-refractivity contribution in [3.05, 3.63) is 61.8 Å². The molecule has 0 radical (unpaired) electrons. The van der Waals surface area contributed by atoms with Crippen molar-refractivity contribution in [2.45, 2.75) is 59.4 Å². The van der Waals surface area contributed by atoms with E-state index in [1.165, 1.54) is 17.4 Å². The normalized spacial score (nSPS) is 20.7. The van der Waals surface area contributed by atoms with Crippen LogP contribution >= 0.6 is 11.3 Å². The Morgan fingerprint density at radius 2 is 1.89 bits per heavy atom. The van der Waals surface area contributed by atoms with Crippen LogP contribution < -0.4 is 16.1 Å². The molecule has 202 valence electrons. The zero-order valence-electron chi connectivity index (χ0n) is 22.0. The van der Waals surface area contributed by atoms with Gasteiger partial charge in [0.05, 0.1) is 22.5 Å². The number of fused-ring (bicyclic) bond motifs is 2. The highest BCUT2D eigenvalue weighted by atomic mass is 32.2. The minimum atomic E-state index is -3.17. The molecule has 1 aliphatic carbocycles. The second-order valence-corrected chi connectivity index (χ2v) is 14.8. The lowest BCUT2D eigenvalue weighted by molar-refractivity contribution is 0.0941. The van der Waals surface area contributed by atoms with Crippen LogP contribution in [-0.4, -0.2) is 37.8 Å². The van der Waals surface area contributed by atoms with Crippen LogP contribution in [-0.2, 0) is 22.7 Å². The smallest absolute Gasteiger partial charge is 0.292 e. The van der Waals surface area contributed by atoms with Gasteiger partial charge in [0.25, 0.3) is 11.8 Å². The number of anilines is 1. The Morgan fingerprint density at radius 1 is 1.13 bits per heavy atom. The minimum absolute atomic E-state index is 0.0525. The predicted octanol–water partition coefficient (Wildman–Crippen LogP) is 4.48. The Balaban J connectivity index is 1.50. The van der Waals surface area contributed by atoms with Crippen molar-refractivity contribution in [1.29, 1.82) is 0 Å². The molecule has 5 rings (SSSR count). The summed E-state index contributed by atoms with van der Waals surface area (Å²) < 4.78 is 29.7. The van der Waals surface area contributed by atoms with E-state index in [1.54, 1.807) is 25.1 Å². The first-order chi connectivity index (χ1) is 17.8. The molecule has 0 spiro atoms. The maximum atomic E-state index is 13.5. The summed E-state index contributed by atoms with van der Waals surface area (Å²) in [5.41, 5.74) is 2.15. The van der Waals surface area contributed by atoms with Crippen molar-refractivity contribution in [2.75, 3.05) is 16.8 Å². The SMILES string of the molecule is Cc1cccc2c(=O)cc(C(=O)Nc3sc4c(c3C(=O)NC3CCS(=O)(=O)C3)CCC(C(C)(C)C)C4)oc12. The third-order valence-electron chi connectivity index (χ3n) is 7.69. The van der Waals surface area contributed by atoms with E-state index in [-0.39, 0.29) is 34.0 Å². The summed E-state index contributed by atoms with van der Waals surface area (Å²) in [5.74, 6) is -0.739. The number of thiophene rings is 1. The van der Waals surface area contributed by atoms with Crippen LogP contribution in [0.4, 0.5) is 5.00 Å². The number of benzene rings is 1. The number of carbonyl (C=O) groups is 2. The fourth-order valence-corrected chi connectivity index (χ4v) is 8.41. The Morgan fingerprint density at radius 3 is 2.58 bits per heavy atom. The molecule has 2 aliphatic rings. The first kappa shape index (κ1) is 26.6. The minimum Gasteiger partial charge on any atom is -0.450 e. The average Bonchev–Trinajstić information content (AvgIpc) is 3.36. The molecule has 1 aromatic carbocycles. The first-order valence-corrected chi connectivity index (χ1v) is 15.5. The second kappa shape index (κ2) is 9.64. The molecule has 0 bridgehead atoms. The number of nitrogens with one attached hydrogen (secondary N) is 2. The molecular formula is C28H32N2O6S2. The molecule has 8 nitrogen and oxygen atoms in total. The molecule has 10 heteroatoms. The number of hydrogen-bond donors (Lipinski definition) is 2. The van der Waals surface area contributed by atoms with E-state index in [2.05, 4.69) is 31.4 Å². The lowest BCUT2D eigenvalue weighted by Crippen LogP contribution is -2.36. The molecule has 0 saturated carbocycles. The van der Waals surface area contributed by atoms with Crippen molar-refractivity contribution in [3.63, 3.8) is 0 Å². The number of hydrogen-bond acceptors (Lipinski definition) is 7. The van der Waals surface area contributed by atoms with Crippen LogP contribution in [0.1, 0.15) is 70.5 Å². The van der Waals surface area contributed by atoms with Gasteiger partial charge in [-0.3, -0.25) is 14.4 Å². The summed E-state index contributed by atoms with van der Waals surface area (Å²) in [6, 6.07) is 5.93. The predicted molar refractivity (Wildman–Crippen MR) is 149 cm³/mol. The summed E-state index contributed by atoms with van der Waals surface area (Å²) in [6.07, 6.45) is 2.77. The second-order valence-electron chi connectivity index (χ2n) is 11.5. The quantitative estimate of drug-likeness (QED) is 0.489. The van der Waals surface area contributed by atoms with Crippen LogP contribution in [0.2, 0.25) is 0 Å². The fourth-order valence-electron chi connectivity index (χ4n) is 5.41. The van der Waals surface area contributed by atoms with Crippen molar-refractivity contribution in [3.8, 4) is 0 Å². The van der Waals surface area contributed by atoms with Crippen molar-refractivity contribution < 1.29 is 22.4 Å². The van der Waals surface area contributed by atoms with Gasteiger partial charge in [-0.1, -0.05) is 32.9 Å². The third kappa shape index (κ3) is 5.16. The summed E-state index contributed by atoms with van der Waals surface area (Å²) in [6.45, 7) is 8.42. The molecule has 1 saturated heterocycles. The monoisotopic (exact) mass is 556 g/mol. The molecule has 38 heavy (non-hydrogen) atoms. The van der Waals surface area contributed by atoms with Gasteiger partial charge in [0.1, 0.15) is 10.6 Å². The molecule has 2 N–H and O–H groups in total. The van der Waals surface area contributed by atoms with Gasteiger partial charge in [-0.2, -0.15) is 0 Å². The van der Waals surface area contributed by atoms with Crippen LogP contribution in [0, 0.1) is 18.3 Å². The van der Waals surface area contributed by atoms with Crippen molar-refractivity contribution >= 4 is 49.0 Å². The lowest BCUT2D eigenvalue weighted by Gasteiger charge is -2.33. The van der Waals surface area contributed by atoms with E-state index in [1.807, 2.05) is 0 Å². The van der Waals surface area contributed by atoms with E-state index in [4.69, 9.17) is 4.42 Å². The van der Waals surface area contributed by atoms with E-state index >= 15 is 0 Å². The van der Waals surface area contributed by atoms with Gasteiger partial charge in [-0.15, -0.1) is 11.3 Å². The average molecular weight is 557 g/mol. The van der Waals surface area contributed by atoms with E-state index in [0.29, 0.717) is 40.3 Å². The number of para-hydroxylation sites is 1. The van der Waals surface area contributed by atoms with E-state index in [9.17, 15) is 22.8 Å². The van der Waals surface area contributed by atoms with Gasteiger partial charge in [0, 0.05) is 17.0 Å². The molecule has 1 aliphatic heterocycles. The molecular weight excluding hydrogens is 524 g/mol. The van der Waals surface area contributed by atoms with E-state index in [0.717, 1.165) is 28.8 Å². The largest absolute Gasteiger partial charge is 0.450 e. The Labute approximate surface area is 225 Å². The molecule has 3 heterocycles. The van der Waals surface area contributed by atoms with Crippen LogP contribution in [0.3, 0.4) is 0 Å². The number of sulfone groups is 1. The van der Waals surface area contributed by atoms with E-state index < -0.39 is 21.8 Å². The molecule has 3 aromatic rings. The molecule has 2 amide bonds. The summed E-state index contributed by atoms with van der Waals surface area (Å²) in [7, 11) is -3.17. The number of amides is 2. The van der Waals surface area contributed by atoms with Crippen LogP contribution in [0.25, 0.3) is 11.0 Å². The highest BCUT2D eigenvalue weighted by Crippen LogP contribution is 2.44. The highest BCUT2D eigenvalue weighted by molar-refractivity contribution is 7.91. The molecule has 2 aromatic heterocycles. The van der Waals surface area contributed by atoms with Crippen LogP contribution in [0.5, 0.6) is 0 Å². The van der Waals surface area contributed by atoms with Gasteiger partial charge in [-0.25, -0.2) is 8.42 Å². The Hall–Kier alpha value is -2.98. The van der Waals surface area contributed by atoms with Gasteiger partial charge in [-0.05, 0) is 61.1 Å². The van der Waals surface area contributed by atoms with Crippen molar-refractivity contribution in [1.82, 2.24) is 5.32 Å². The van der Waals surface area contributed by atoms with Gasteiger partial charge < -0.3 is 15.1 Å². The number of carbonyl (C=O) groups excluding carboxylic acids is 2. The van der Waals surface area contributed by atoms with Gasteiger partial charge >= 0.3 is 0 Å². The van der Waals surface area contributed by atoms with Crippen LogP contribution in [0.15, 0.2) is 33.5 Å². The third-order valence-corrected chi connectivity index (χ3v) is 10.6. The topological polar surface area (TPSA) is 123 Å². The zero-order valence-corrected chi connectivity index (χ0v) is 23.6. The maximum absolute atomic E-state index is 13.5. The highest BCUT2D eigenvalue weighted by Gasteiger charge is 2.36. The molecule has 1 fully saturated rings. The fraction of sp³-hybridized carbons (Fsp3) is 0.464. The lowest BCUT2D eigenvalue weighted by atomic mass is 9.72. The van der Waals surface area contributed by atoms with Gasteiger partial charge in [0.2, 0.25) is 0 Å². The summed E-state index contributed by atoms with van der Waals surface area (Å²) in [5, 5.41) is 6.51. The maximum Gasteiger partial charge on any atom is 0.292 e. The molecule has 2 atom stereocenters. The number of rotatable bonds is 4. The Kier molecular flexibility index (Phi) is 6.76. The Bertz CT molecular complexity index is 1610. The molecule has 2 unspecified atom stereocenters. The first-order valence-electron chi connectivity index (χ1n) is 12.8. The zero-order chi connectivity index (χ0) is 27.4.